The third-order valence-electron chi connectivity index (χ3n) is 9.08. The topological polar surface area (TPSA) is 94.8 Å². The largest absolute Gasteiger partial charge is 0.444 e. The highest BCUT2D eigenvalue weighted by Crippen LogP contribution is 2.40. The second-order valence-electron chi connectivity index (χ2n) is 13.8. The molecule has 1 aromatic carbocycles. The van der Waals surface area contributed by atoms with Crippen LogP contribution < -0.4 is 4.90 Å². The van der Waals surface area contributed by atoms with E-state index in [1.165, 1.54) is 4.90 Å². The number of carbonyl (C=O) groups is 1. The Kier molecular flexibility index (Phi) is 7.73. The number of amides is 1. The predicted octanol–water partition coefficient (Wildman–Crippen LogP) is 5.80. The zero-order valence-electron chi connectivity index (χ0n) is 26.2. The fourth-order valence-electron chi connectivity index (χ4n) is 6.51. The maximum Gasteiger partial charge on any atom is 0.410 e. The minimum Gasteiger partial charge on any atom is -0.444 e. The number of carbonyl (C=O) groups excluding carboxylic acids is 1. The molecule has 1 aliphatic carbocycles. The number of nitrogens with zero attached hydrogens (tertiary/aromatic N) is 6. The van der Waals surface area contributed by atoms with E-state index in [4.69, 9.17) is 29.3 Å². The van der Waals surface area contributed by atoms with Crippen molar-refractivity contribution < 1.29 is 23.4 Å². The number of hydrogen-bond acceptors (Lipinski definition) is 8. The fourth-order valence-corrected chi connectivity index (χ4v) is 6.51. The summed E-state index contributed by atoms with van der Waals surface area (Å²) in [6.45, 7) is 10.3. The van der Waals surface area contributed by atoms with Crippen molar-refractivity contribution in [1.82, 2.24) is 24.6 Å². The first-order valence-electron chi connectivity index (χ1n) is 16.1. The number of alkyl halides is 1. The summed E-state index contributed by atoms with van der Waals surface area (Å²) in [7, 11) is 0. The lowest BCUT2D eigenvalue weighted by molar-refractivity contribution is -0.191. The molecular formula is C33H43FN6O4. The molecule has 3 aliphatic heterocycles. The van der Waals surface area contributed by atoms with Gasteiger partial charge >= 0.3 is 6.09 Å². The van der Waals surface area contributed by atoms with Gasteiger partial charge in [-0.3, -0.25) is 0 Å². The molecule has 0 radical (unpaired) electrons. The van der Waals surface area contributed by atoms with Crippen LogP contribution in [-0.2, 0) is 14.2 Å². The van der Waals surface area contributed by atoms with E-state index in [0.717, 1.165) is 91.3 Å². The van der Waals surface area contributed by atoms with E-state index in [1.807, 2.05) is 44.6 Å². The Hall–Kier alpha value is -3.31. The van der Waals surface area contributed by atoms with E-state index >= 15 is 4.39 Å². The molecule has 4 fully saturated rings. The summed E-state index contributed by atoms with van der Waals surface area (Å²) in [6.07, 6.45) is 6.15. The average Bonchev–Trinajstić information content (AvgIpc) is 3.74. The Bertz CT molecular complexity index is 1520. The summed E-state index contributed by atoms with van der Waals surface area (Å²) >= 11 is 0. The molecule has 2 aromatic heterocycles. The summed E-state index contributed by atoms with van der Waals surface area (Å²) in [5.74, 6) is 2.51. The van der Waals surface area contributed by atoms with Gasteiger partial charge < -0.3 is 24.0 Å². The molecule has 3 unspecified atom stereocenters. The highest BCUT2D eigenvalue weighted by Gasteiger charge is 2.36. The maximum atomic E-state index is 15.7. The number of aryl methyl sites for hydroxylation is 1. The van der Waals surface area contributed by atoms with Gasteiger partial charge in [0.15, 0.2) is 12.1 Å². The second-order valence-corrected chi connectivity index (χ2v) is 13.8. The van der Waals surface area contributed by atoms with Crippen molar-refractivity contribution in [2.45, 2.75) is 102 Å². The molecule has 11 heteroatoms. The van der Waals surface area contributed by atoms with Crippen LogP contribution in [0.1, 0.15) is 88.1 Å². The predicted molar refractivity (Wildman–Crippen MR) is 164 cm³/mol. The van der Waals surface area contributed by atoms with Gasteiger partial charge in [-0.05, 0) is 89.5 Å². The van der Waals surface area contributed by atoms with Crippen molar-refractivity contribution in [2.75, 3.05) is 37.7 Å². The van der Waals surface area contributed by atoms with Gasteiger partial charge in [0, 0.05) is 49.5 Å². The first kappa shape index (κ1) is 29.4. The van der Waals surface area contributed by atoms with Gasteiger partial charge in [-0.2, -0.15) is 5.10 Å². The highest BCUT2D eigenvalue weighted by atomic mass is 19.1. The van der Waals surface area contributed by atoms with E-state index in [2.05, 4.69) is 17.0 Å². The van der Waals surface area contributed by atoms with Gasteiger partial charge in [0.05, 0.1) is 24.4 Å². The van der Waals surface area contributed by atoms with Crippen LogP contribution in [0.3, 0.4) is 0 Å². The van der Waals surface area contributed by atoms with Gasteiger partial charge in [-0.1, -0.05) is 0 Å². The minimum absolute atomic E-state index is 0.0176. The third-order valence-corrected chi connectivity index (χ3v) is 9.08. The van der Waals surface area contributed by atoms with E-state index < -0.39 is 17.9 Å². The zero-order valence-corrected chi connectivity index (χ0v) is 26.2. The van der Waals surface area contributed by atoms with Gasteiger partial charge in [0.1, 0.15) is 23.4 Å². The quantitative estimate of drug-likeness (QED) is 0.348. The van der Waals surface area contributed by atoms with Crippen LogP contribution in [0, 0.1) is 6.92 Å². The number of anilines is 1. The van der Waals surface area contributed by atoms with Crippen LogP contribution in [0.15, 0.2) is 24.4 Å². The lowest BCUT2D eigenvalue weighted by Gasteiger charge is -2.41. The van der Waals surface area contributed by atoms with Crippen LogP contribution in [0.25, 0.3) is 16.7 Å². The summed E-state index contributed by atoms with van der Waals surface area (Å²) in [4.78, 5) is 26.2. The second kappa shape index (κ2) is 11.6. The average molecular weight is 607 g/mol. The first-order valence-corrected chi connectivity index (χ1v) is 16.1. The van der Waals surface area contributed by atoms with Crippen molar-refractivity contribution in [2.24, 2.45) is 0 Å². The van der Waals surface area contributed by atoms with E-state index in [0.29, 0.717) is 18.9 Å². The molecule has 1 saturated carbocycles. The Balaban J connectivity index is 1.12. The molecule has 0 spiro atoms. The number of aromatic nitrogens is 4. The van der Waals surface area contributed by atoms with Crippen LogP contribution >= 0.6 is 0 Å². The first-order chi connectivity index (χ1) is 21.1. The van der Waals surface area contributed by atoms with E-state index in [9.17, 15) is 4.79 Å². The van der Waals surface area contributed by atoms with Crippen molar-refractivity contribution in [3.05, 3.63) is 41.3 Å². The number of benzene rings is 1. The Morgan fingerprint density at radius 3 is 2.52 bits per heavy atom. The molecule has 44 heavy (non-hydrogen) atoms. The number of fused-ring (bicyclic) bond motifs is 1. The number of piperidine rings is 1. The highest BCUT2D eigenvalue weighted by molar-refractivity contribution is 5.82. The summed E-state index contributed by atoms with van der Waals surface area (Å²) in [5.41, 5.74) is 2.23. The number of rotatable bonds is 6. The molecule has 3 atom stereocenters. The third kappa shape index (κ3) is 6.13. The maximum absolute atomic E-state index is 15.7. The summed E-state index contributed by atoms with van der Waals surface area (Å²) < 4.78 is 35.0. The van der Waals surface area contributed by atoms with Gasteiger partial charge in [0.2, 0.25) is 0 Å². The van der Waals surface area contributed by atoms with Crippen molar-refractivity contribution in [3.8, 4) is 5.82 Å². The smallest absolute Gasteiger partial charge is 0.410 e. The monoisotopic (exact) mass is 606 g/mol. The van der Waals surface area contributed by atoms with Gasteiger partial charge in [-0.25, -0.2) is 23.8 Å². The summed E-state index contributed by atoms with van der Waals surface area (Å²) in [5, 5.41) is 5.72. The van der Waals surface area contributed by atoms with Crippen LogP contribution in [0.2, 0.25) is 0 Å². The molecule has 10 nitrogen and oxygen atoms in total. The lowest BCUT2D eigenvalue weighted by Crippen LogP contribution is -2.54. The van der Waals surface area contributed by atoms with Crippen molar-refractivity contribution in [1.29, 1.82) is 0 Å². The molecule has 5 heterocycles. The van der Waals surface area contributed by atoms with Crippen LogP contribution in [0.4, 0.5) is 15.0 Å². The minimum atomic E-state index is -1.20. The van der Waals surface area contributed by atoms with Crippen molar-refractivity contribution in [3.63, 3.8) is 0 Å². The van der Waals surface area contributed by atoms with Gasteiger partial charge in [0.25, 0.3) is 0 Å². The fraction of sp³-hybridized carbons (Fsp3) is 0.636. The molecular weight excluding hydrogens is 563 g/mol. The Morgan fingerprint density at radius 1 is 1.02 bits per heavy atom. The number of hydrogen-bond donors (Lipinski definition) is 0. The van der Waals surface area contributed by atoms with E-state index in [-0.39, 0.29) is 24.9 Å². The Morgan fingerprint density at radius 2 is 1.82 bits per heavy atom. The normalized spacial score (nSPS) is 24.9. The molecule has 3 saturated heterocycles. The number of halogens is 1. The van der Waals surface area contributed by atoms with Gasteiger partial charge in [-0.15, -0.1) is 0 Å². The number of likely N-dealkylation sites (tertiary alicyclic amines) is 1. The molecule has 7 rings (SSSR count). The lowest BCUT2D eigenvalue weighted by atomic mass is 9.85. The molecule has 0 N–H and O–H groups in total. The van der Waals surface area contributed by atoms with Crippen LogP contribution in [0.5, 0.6) is 0 Å². The van der Waals surface area contributed by atoms with Crippen LogP contribution in [-0.4, -0.2) is 87.7 Å². The SMILES string of the molecule is Cc1cc2cnn(-c3cc(N4CC(OC5CCCCO5)C4)nc(C4CC4)n3)c2cc1C1CCN(C(=O)OC(C)(C)C)CC1F. The summed E-state index contributed by atoms with van der Waals surface area (Å²) in [6, 6.07) is 6.15. The van der Waals surface area contributed by atoms with E-state index in [1.54, 1.807) is 0 Å². The Labute approximate surface area is 257 Å². The molecule has 236 valence electrons. The molecule has 3 aromatic rings. The number of ether oxygens (including phenoxy) is 3. The molecule has 1 amide bonds. The zero-order chi connectivity index (χ0) is 30.6. The molecule has 0 bridgehead atoms. The van der Waals surface area contributed by atoms with Crippen molar-refractivity contribution >= 4 is 22.8 Å². The molecule has 4 aliphatic rings. The standard InChI is InChI=1S/C33H43FN6O4/c1-20-13-22-16-35-40(27(22)14-25(20)24-10-11-38(19-26(24)34)32(41)44-33(2,3)4)29-15-28(36-31(37-29)21-8-9-21)39-17-23(18-39)43-30-7-5-6-12-42-30/h13-16,21,23-24,26,30H,5-12,17-19H2,1-4H3.